The van der Waals surface area contributed by atoms with Gasteiger partial charge in [0.05, 0.1) is 13.3 Å². The SMILES string of the molecule is COc1cc(/C=N\n2c(C)n[nH]c2=S)ccc1OC(F)F. The van der Waals surface area contributed by atoms with E-state index in [2.05, 4.69) is 20.0 Å². The third-order valence-electron chi connectivity index (χ3n) is 2.54. The molecule has 1 heterocycles. The second kappa shape index (κ2) is 6.44. The maximum absolute atomic E-state index is 12.2. The van der Waals surface area contributed by atoms with Gasteiger partial charge in [0, 0.05) is 0 Å². The van der Waals surface area contributed by atoms with Crippen molar-refractivity contribution < 1.29 is 18.3 Å². The van der Waals surface area contributed by atoms with Crippen LogP contribution in [0.2, 0.25) is 0 Å². The third kappa shape index (κ3) is 3.63. The Morgan fingerprint density at radius 1 is 1.43 bits per heavy atom. The molecule has 2 rings (SSSR count). The number of alkyl halides is 2. The number of aromatic amines is 1. The van der Waals surface area contributed by atoms with Gasteiger partial charge in [-0.1, -0.05) is 0 Å². The Morgan fingerprint density at radius 3 is 2.76 bits per heavy atom. The van der Waals surface area contributed by atoms with Crippen molar-refractivity contribution in [2.24, 2.45) is 5.10 Å². The molecule has 1 N–H and O–H groups in total. The van der Waals surface area contributed by atoms with Gasteiger partial charge in [-0.25, -0.2) is 0 Å². The first-order valence-electron chi connectivity index (χ1n) is 5.82. The van der Waals surface area contributed by atoms with Crippen molar-refractivity contribution in [3.05, 3.63) is 34.4 Å². The van der Waals surface area contributed by atoms with Gasteiger partial charge in [0.25, 0.3) is 0 Å². The van der Waals surface area contributed by atoms with Crippen LogP contribution in [0.5, 0.6) is 11.5 Å². The Hall–Kier alpha value is -2.29. The number of hydrogen-bond donors (Lipinski definition) is 1. The topological polar surface area (TPSA) is 64.4 Å². The number of hydrogen-bond acceptors (Lipinski definition) is 5. The van der Waals surface area contributed by atoms with Crippen molar-refractivity contribution >= 4 is 18.4 Å². The largest absolute Gasteiger partial charge is 0.493 e. The molecule has 0 atom stereocenters. The first kappa shape index (κ1) is 15.1. The molecule has 0 saturated heterocycles. The van der Waals surface area contributed by atoms with Gasteiger partial charge in [-0.05, 0) is 42.9 Å². The molecule has 0 fully saturated rings. The lowest BCUT2D eigenvalue weighted by molar-refractivity contribution is -0.0512. The maximum atomic E-state index is 12.2. The number of aryl methyl sites for hydroxylation is 1. The van der Waals surface area contributed by atoms with Gasteiger partial charge in [-0.2, -0.15) is 23.7 Å². The quantitative estimate of drug-likeness (QED) is 0.681. The minimum atomic E-state index is -2.91. The second-order valence-corrected chi connectivity index (χ2v) is 4.31. The van der Waals surface area contributed by atoms with Crippen molar-refractivity contribution in [2.45, 2.75) is 13.5 Å². The van der Waals surface area contributed by atoms with Gasteiger partial charge in [-0.15, -0.1) is 0 Å². The lowest BCUT2D eigenvalue weighted by Crippen LogP contribution is -2.03. The smallest absolute Gasteiger partial charge is 0.387 e. The average Bonchev–Trinajstić information content (AvgIpc) is 2.76. The highest BCUT2D eigenvalue weighted by molar-refractivity contribution is 7.71. The van der Waals surface area contributed by atoms with E-state index in [1.165, 1.54) is 30.1 Å². The second-order valence-electron chi connectivity index (χ2n) is 3.92. The molecule has 0 saturated carbocycles. The van der Waals surface area contributed by atoms with E-state index in [4.69, 9.17) is 17.0 Å². The first-order valence-corrected chi connectivity index (χ1v) is 6.23. The molecule has 0 aliphatic heterocycles. The van der Waals surface area contributed by atoms with Gasteiger partial charge < -0.3 is 9.47 Å². The van der Waals surface area contributed by atoms with Gasteiger partial charge in [0.1, 0.15) is 5.82 Å². The van der Waals surface area contributed by atoms with Crippen molar-refractivity contribution in [1.82, 2.24) is 14.9 Å². The minimum Gasteiger partial charge on any atom is -0.493 e. The highest BCUT2D eigenvalue weighted by atomic mass is 32.1. The lowest BCUT2D eigenvalue weighted by atomic mass is 10.2. The Labute approximate surface area is 124 Å². The number of benzene rings is 1. The third-order valence-corrected chi connectivity index (χ3v) is 2.80. The summed E-state index contributed by atoms with van der Waals surface area (Å²) in [5.74, 6) is 0.744. The zero-order valence-electron chi connectivity index (χ0n) is 11.2. The van der Waals surface area contributed by atoms with E-state index in [-0.39, 0.29) is 11.5 Å². The Kier molecular flexibility index (Phi) is 4.63. The van der Waals surface area contributed by atoms with Gasteiger partial charge in [-0.3, -0.25) is 5.10 Å². The number of rotatable bonds is 5. The summed E-state index contributed by atoms with van der Waals surface area (Å²) in [6, 6.07) is 4.48. The molecule has 0 unspecified atom stereocenters. The molecule has 0 amide bonds. The Balaban J connectivity index is 2.27. The predicted molar refractivity (Wildman–Crippen MR) is 74.8 cm³/mol. The van der Waals surface area contributed by atoms with Crippen LogP contribution in [0.25, 0.3) is 0 Å². The van der Waals surface area contributed by atoms with Crippen molar-refractivity contribution in [3.63, 3.8) is 0 Å². The highest BCUT2D eigenvalue weighted by Gasteiger charge is 2.10. The number of H-pyrrole nitrogens is 1. The van der Waals surface area contributed by atoms with E-state index < -0.39 is 6.61 Å². The van der Waals surface area contributed by atoms with Crippen LogP contribution in [0.3, 0.4) is 0 Å². The van der Waals surface area contributed by atoms with Crippen LogP contribution in [0.15, 0.2) is 23.3 Å². The Morgan fingerprint density at radius 2 is 2.19 bits per heavy atom. The summed E-state index contributed by atoms with van der Waals surface area (Å²) in [6.45, 7) is -1.17. The summed E-state index contributed by atoms with van der Waals surface area (Å²) >= 11 is 5.01. The monoisotopic (exact) mass is 314 g/mol. The molecule has 1 aromatic carbocycles. The number of aromatic nitrogens is 3. The van der Waals surface area contributed by atoms with E-state index in [1.54, 1.807) is 13.0 Å². The molecule has 21 heavy (non-hydrogen) atoms. The molecule has 2 aromatic rings. The van der Waals surface area contributed by atoms with Crippen LogP contribution >= 0.6 is 12.2 Å². The fourth-order valence-electron chi connectivity index (χ4n) is 1.59. The van der Waals surface area contributed by atoms with E-state index in [0.717, 1.165) is 0 Å². The summed E-state index contributed by atoms with van der Waals surface area (Å²) in [5, 5.41) is 10.7. The van der Waals surface area contributed by atoms with Gasteiger partial charge in [0.15, 0.2) is 11.5 Å². The van der Waals surface area contributed by atoms with Gasteiger partial charge >= 0.3 is 6.61 Å². The summed E-state index contributed by atoms with van der Waals surface area (Å²) in [7, 11) is 1.37. The molecular formula is C12H12F2N4O2S. The zero-order valence-corrected chi connectivity index (χ0v) is 12.0. The number of methoxy groups -OCH3 is 1. The molecule has 0 aliphatic rings. The number of halogens is 2. The zero-order chi connectivity index (χ0) is 15.4. The highest BCUT2D eigenvalue weighted by Crippen LogP contribution is 2.28. The fraction of sp³-hybridized carbons (Fsp3) is 0.250. The summed E-state index contributed by atoms with van der Waals surface area (Å²) in [6.07, 6.45) is 1.51. The summed E-state index contributed by atoms with van der Waals surface area (Å²) in [5.41, 5.74) is 0.635. The van der Waals surface area contributed by atoms with Gasteiger partial charge in [0.2, 0.25) is 4.77 Å². The van der Waals surface area contributed by atoms with E-state index in [9.17, 15) is 8.78 Å². The normalized spacial score (nSPS) is 11.3. The van der Waals surface area contributed by atoms with Crippen molar-refractivity contribution in [2.75, 3.05) is 7.11 Å². The molecule has 0 aliphatic carbocycles. The van der Waals surface area contributed by atoms with Crippen molar-refractivity contribution in [3.8, 4) is 11.5 Å². The lowest BCUT2D eigenvalue weighted by Gasteiger charge is -2.09. The van der Waals surface area contributed by atoms with Crippen LogP contribution in [0.1, 0.15) is 11.4 Å². The minimum absolute atomic E-state index is 0.0410. The van der Waals surface area contributed by atoms with Crippen LogP contribution in [-0.4, -0.2) is 34.8 Å². The molecular weight excluding hydrogens is 302 g/mol. The first-order chi connectivity index (χ1) is 10.0. The molecule has 0 bridgehead atoms. The average molecular weight is 314 g/mol. The molecule has 6 nitrogen and oxygen atoms in total. The number of nitrogens with one attached hydrogen (secondary N) is 1. The maximum Gasteiger partial charge on any atom is 0.387 e. The van der Waals surface area contributed by atoms with Crippen molar-refractivity contribution in [1.29, 1.82) is 0 Å². The standard InChI is InChI=1S/C12H12F2N4O2S/c1-7-16-17-12(21)18(7)15-6-8-3-4-9(20-11(13)14)10(5-8)19-2/h3-6,11H,1-2H3,(H,17,21)/b15-6-. The molecule has 1 aromatic heterocycles. The Bertz CT molecular complexity index is 712. The molecule has 0 spiro atoms. The van der Waals surface area contributed by atoms with Crippen LogP contribution < -0.4 is 9.47 Å². The summed E-state index contributed by atoms with van der Waals surface area (Å²) < 4.78 is 35.6. The number of ether oxygens (including phenoxy) is 2. The predicted octanol–water partition coefficient (Wildman–Crippen LogP) is 2.74. The van der Waals surface area contributed by atoms with Crippen LogP contribution in [0, 0.1) is 11.7 Å². The molecule has 0 radical (unpaired) electrons. The fourth-order valence-corrected chi connectivity index (χ4v) is 1.81. The van der Waals surface area contributed by atoms with Crippen LogP contribution in [0.4, 0.5) is 8.78 Å². The van der Waals surface area contributed by atoms with E-state index in [1.807, 2.05) is 0 Å². The van der Waals surface area contributed by atoms with Crippen LogP contribution in [-0.2, 0) is 0 Å². The number of nitrogens with zero attached hydrogens (tertiary/aromatic N) is 3. The van der Waals surface area contributed by atoms with E-state index in [0.29, 0.717) is 16.2 Å². The molecule has 112 valence electrons. The molecule has 9 heteroatoms. The van der Waals surface area contributed by atoms with E-state index >= 15 is 0 Å². The summed E-state index contributed by atoms with van der Waals surface area (Å²) in [4.78, 5) is 0.